The Balaban J connectivity index is 2.01. The van der Waals surface area contributed by atoms with Crippen LogP contribution < -0.4 is 0 Å². The molecule has 4 nitrogen and oxygen atoms in total. The van der Waals surface area contributed by atoms with Crippen LogP contribution in [0.25, 0.3) is 0 Å². The van der Waals surface area contributed by atoms with E-state index >= 15 is 8.78 Å². The zero-order valence-corrected chi connectivity index (χ0v) is 22.6. The summed E-state index contributed by atoms with van der Waals surface area (Å²) in [5.41, 5.74) is -3.65. The molecule has 1 N–H and O–H groups in total. The number of alkyl halides is 2. The molecule has 3 rings (SSSR count). The number of amides is 1. The van der Waals surface area contributed by atoms with Gasteiger partial charge in [-0.1, -0.05) is 50.0 Å². The maximum Gasteiger partial charge on any atom is 0.410 e. The number of nitrogens with zero attached hydrogens (tertiary/aromatic N) is 1. The maximum atomic E-state index is 17.6. The fourth-order valence-electron chi connectivity index (χ4n) is 4.90. The van der Waals surface area contributed by atoms with Gasteiger partial charge in [0.25, 0.3) is 0 Å². The molecule has 0 bridgehead atoms. The Morgan fingerprint density at radius 1 is 1.22 bits per heavy atom. The Morgan fingerprint density at radius 2 is 1.78 bits per heavy atom. The van der Waals surface area contributed by atoms with Crippen LogP contribution in [-0.4, -0.2) is 63.2 Å². The van der Waals surface area contributed by atoms with Gasteiger partial charge >= 0.3 is 6.09 Å². The first-order valence-corrected chi connectivity index (χ1v) is 18.1. The molecular weight excluding hydrogens is 468 g/mol. The lowest BCUT2D eigenvalue weighted by atomic mass is 9.92. The molecule has 1 amide bonds. The molecule has 0 aromatic heterocycles. The third kappa shape index (κ3) is 4.23. The van der Waals surface area contributed by atoms with Gasteiger partial charge < -0.3 is 14.7 Å². The van der Waals surface area contributed by atoms with Crippen LogP contribution in [0.15, 0.2) is 35.2 Å². The number of likely N-dealkylation sites (tertiary alicyclic amines) is 1. The minimum atomic E-state index is -2.65. The Labute approximate surface area is 197 Å². The number of piperidine rings is 1. The molecule has 2 saturated heterocycles. The Morgan fingerprint density at radius 3 is 2.28 bits per heavy atom. The van der Waals surface area contributed by atoms with E-state index in [0.717, 1.165) is 11.8 Å². The van der Waals surface area contributed by atoms with Crippen LogP contribution >= 0.6 is 21.2 Å². The molecule has 2 aliphatic heterocycles. The van der Waals surface area contributed by atoms with E-state index in [1.54, 1.807) is 20.8 Å². The molecule has 2 fully saturated rings. The molecule has 2 heterocycles. The van der Waals surface area contributed by atoms with Gasteiger partial charge in [0, 0.05) is 18.8 Å². The largest absolute Gasteiger partial charge is 0.444 e. The zero-order valence-electron chi connectivity index (χ0n) is 20.0. The quantitative estimate of drug-likeness (QED) is 0.476. The highest BCUT2D eigenvalue weighted by atomic mass is 32.5. The number of halogens is 2. The molecule has 0 spiro atoms. The van der Waals surface area contributed by atoms with Crippen molar-refractivity contribution in [2.75, 3.05) is 18.8 Å². The topological polar surface area (TPSA) is 49.8 Å². The molecule has 182 valence electrons. The number of aliphatic hydroxyl groups is 1. The first-order chi connectivity index (χ1) is 14.7. The van der Waals surface area contributed by atoms with Crippen LogP contribution in [0, 0.1) is 0 Å². The molecule has 0 radical (unpaired) electrons. The highest BCUT2D eigenvalue weighted by Crippen LogP contribution is 2.82. The number of carbonyl (C=O) groups excluding carboxylic acids is 1. The number of ether oxygens (including phenoxy) is 1. The van der Waals surface area contributed by atoms with Crippen LogP contribution in [0.1, 0.15) is 40.0 Å². The molecule has 3 unspecified atom stereocenters. The monoisotopic (exact) mass is 505 g/mol. The van der Waals surface area contributed by atoms with Gasteiger partial charge in [-0.05, 0) is 44.9 Å². The van der Waals surface area contributed by atoms with E-state index in [1.165, 1.54) is 4.90 Å². The lowest BCUT2D eigenvalue weighted by molar-refractivity contribution is -0.0660. The van der Waals surface area contributed by atoms with Gasteiger partial charge in [0.15, 0.2) is 0 Å². The fraction of sp³-hybridized carbons (Fsp3) is 0.696. The second-order valence-corrected chi connectivity index (χ2v) is 24.9. The average molecular weight is 506 g/mol. The first kappa shape index (κ1) is 25.8. The van der Waals surface area contributed by atoms with E-state index in [4.69, 9.17) is 4.74 Å². The Bertz CT molecular complexity index is 825. The van der Waals surface area contributed by atoms with E-state index in [2.05, 4.69) is 0 Å². The predicted molar refractivity (Wildman–Crippen MR) is 133 cm³/mol. The zero-order chi connectivity index (χ0) is 24.0. The van der Waals surface area contributed by atoms with Crippen molar-refractivity contribution in [3.63, 3.8) is 0 Å². The smallest absolute Gasteiger partial charge is 0.410 e. The van der Waals surface area contributed by atoms with Crippen molar-refractivity contribution in [1.29, 1.82) is 0 Å². The van der Waals surface area contributed by atoms with Gasteiger partial charge in [-0.15, -0.1) is 11.8 Å². The van der Waals surface area contributed by atoms with E-state index < -0.39 is 43.8 Å². The Hall–Kier alpha value is -0.773. The minimum absolute atomic E-state index is 0.0640. The molecule has 0 aliphatic carbocycles. The van der Waals surface area contributed by atoms with Crippen molar-refractivity contribution in [2.24, 2.45) is 0 Å². The average Bonchev–Trinajstić information content (AvgIpc) is 2.67. The maximum absolute atomic E-state index is 17.6. The Kier molecular flexibility index (Phi) is 7.09. The van der Waals surface area contributed by atoms with Crippen molar-refractivity contribution in [3.05, 3.63) is 30.3 Å². The minimum Gasteiger partial charge on any atom is -0.444 e. The summed E-state index contributed by atoms with van der Waals surface area (Å²) in [7, 11) is -5.15. The molecule has 9 heteroatoms. The number of carbonyl (C=O) groups is 1. The molecule has 32 heavy (non-hydrogen) atoms. The fourth-order valence-corrected chi connectivity index (χ4v) is 23.7. The summed E-state index contributed by atoms with van der Waals surface area (Å²) in [6.07, 6.45) is -0.0347. The molecule has 0 saturated carbocycles. The highest BCUT2D eigenvalue weighted by molar-refractivity contribution is 8.61. The molecule has 1 aromatic carbocycles. The predicted octanol–water partition coefficient (Wildman–Crippen LogP) is 6.50. The van der Waals surface area contributed by atoms with Gasteiger partial charge in [0.05, 0.1) is 0 Å². The third-order valence-corrected chi connectivity index (χ3v) is 22.4. The third-order valence-electron chi connectivity index (χ3n) is 6.31. The number of rotatable bonds is 3. The lowest BCUT2D eigenvalue weighted by Crippen LogP contribution is -2.64. The van der Waals surface area contributed by atoms with Crippen LogP contribution in [0.3, 0.4) is 0 Å². The van der Waals surface area contributed by atoms with Crippen molar-refractivity contribution >= 4 is 34.6 Å². The summed E-state index contributed by atoms with van der Waals surface area (Å²) in [4.78, 5) is 14.8. The van der Waals surface area contributed by atoms with Gasteiger partial charge in [-0.25, -0.2) is 13.6 Å². The van der Waals surface area contributed by atoms with Crippen molar-refractivity contribution in [3.8, 4) is 0 Å². The van der Waals surface area contributed by atoms with Crippen LogP contribution in [0.2, 0.25) is 19.6 Å². The number of thioether (sulfide) groups is 1. The van der Waals surface area contributed by atoms with E-state index in [-0.39, 0.29) is 25.9 Å². The van der Waals surface area contributed by atoms with Gasteiger partial charge in [0.2, 0.25) is 4.33 Å². The molecule has 1 aromatic rings. The second kappa shape index (κ2) is 8.78. The first-order valence-electron chi connectivity index (χ1n) is 11.2. The number of hydrogen-bond acceptors (Lipinski definition) is 4. The summed E-state index contributed by atoms with van der Waals surface area (Å²) in [5, 5.41) is 11.9. The van der Waals surface area contributed by atoms with Crippen LogP contribution in [0.5, 0.6) is 0 Å². The molecule has 3 atom stereocenters. The number of hydrogen-bond donors (Lipinski definition) is 1. The van der Waals surface area contributed by atoms with E-state index in [0.29, 0.717) is 17.1 Å². The summed E-state index contributed by atoms with van der Waals surface area (Å²) in [5.74, 6) is 0.335. The summed E-state index contributed by atoms with van der Waals surface area (Å²) in [6, 6.07) is 9.23. The SMILES string of the molecule is CC(C)(C)OC(=O)N1CCC(O)(C2(F)SCCC(F)S2(c2ccccc2)[Si](C)(C)C)CC1. The van der Waals surface area contributed by atoms with Crippen LogP contribution in [-0.2, 0) is 4.74 Å². The van der Waals surface area contributed by atoms with E-state index in [9.17, 15) is 9.90 Å². The summed E-state index contributed by atoms with van der Waals surface area (Å²) in [6.45, 7) is 11.9. The highest BCUT2D eigenvalue weighted by Gasteiger charge is 2.70. The second-order valence-electron chi connectivity index (χ2n) is 10.7. The molecular formula is C23H37F2NO3S2Si. The lowest BCUT2D eigenvalue weighted by Gasteiger charge is -2.65. The molecule has 2 aliphatic rings. The van der Waals surface area contributed by atoms with Gasteiger partial charge in [-0.2, -0.15) is 9.48 Å². The standard InChI is InChI=1S/C23H37F2NO3S2Si/c1-21(2,3)29-20(27)26-15-13-22(28,14-16-26)23(25)30-17-12-19(24)31(23,32(4,5)6)18-10-8-7-9-11-18/h7-11,19,28H,12-17H2,1-6H3. The van der Waals surface area contributed by atoms with E-state index in [1.807, 2.05) is 50.0 Å². The normalized spacial score (nSPS) is 33.3. The van der Waals surface area contributed by atoms with Crippen molar-refractivity contribution < 1.29 is 23.4 Å². The van der Waals surface area contributed by atoms with Crippen molar-refractivity contribution in [1.82, 2.24) is 4.90 Å². The van der Waals surface area contributed by atoms with Gasteiger partial charge in [-0.3, -0.25) is 0 Å². The number of benzene rings is 1. The van der Waals surface area contributed by atoms with Crippen LogP contribution in [0.4, 0.5) is 13.6 Å². The summed E-state index contributed by atoms with van der Waals surface area (Å²) >= 11 is 1.10. The summed E-state index contributed by atoms with van der Waals surface area (Å²) < 4.78 is 37.1. The van der Waals surface area contributed by atoms with Gasteiger partial charge in [0.1, 0.15) is 23.9 Å². The van der Waals surface area contributed by atoms with Crippen molar-refractivity contribution in [2.45, 2.75) is 85.6 Å².